The summed E-state index contributed by atoms with van der Waals surface area (Å²) in [6.45, 7) is 8.66. The summed E-state index contributed by atoms with van der Waals surface area (Å²) in [4.78, 5) is 23.7. The summed E-state index contributed by atoms with van der Waals surface area (Å²) in [5.41, 5.74) is 4.93. The van der Waals surface area contributed by atoms with E-state index in [2.05, 4.69) is 66.1 Å². The van der Waals surface area contributed by atoms with Crippen molar-refractivity contribution in [2.45, 2.75) is 45.6 Å². The second-order valence-corrected chi connectivity index (χ2v) is 8.61. The molecule has 29 heavy (non-hydrogen) atoms. The molecule has 1 unspecified atom stereocenters. The molecule has 0 radical (unpaired) electrons. The molecule has 1 aromatic heterocycles. The second kappa shape index (κ2) is 7.32. The van der Waals surface area contributed by atoms with Crippen LogP contribution in [0.3, 0.4) is 0 Å². The molecule has 4 rings (SSSR count). The zero-order valence-corrected chi connectivity index (χ0v) is 17.3. The Morgan fingerprint density at radius 1 is 1.03 bits per heavy atom. The van der Waals surface area contributed by atoms with Crippen molar-refractivity contribution in [1.29, 1.82) is 0 Å². The van der Waals surface area contributed by atoms with Crippen LogP contribution in [-0.4, -0.2) is 21.9 Å². The second-order valence-electron chi connectivity index (χ2n) is 8.61. The van der Waals surface area contributed by atoms with E-state index in [0.717, 1.165) is 17.8 Å². The third kappa shape index (κ3) is 3.86. The van der Waals surface area contributed by atoms with Crippen LogP contribution in [0, 0.1) is 0 Å². The summed E-state index contributed by atoms with van der Waals surface area (Å²) in [6, 6.07) is 16.5. The number of carbonyl (C=O) groups excluding carboxylic acids is 1. The van der Waals surface area contributed by atoms with Crippen molar-refractivity contribution in [2.24, 2.45) is 0 Å². The number of benzene rings is 2. The van der Waals surface area contributed by atoms with Crippen LogP contribution in [0.25, 0.3) is 0 Å². The van der Waals surface area contributed by atoms with Crippen LogP contribution >= 0.6 is 0 Å². The zero-order valence-electron chi connectivity index (χ0n) is 17.3. The molecule has 1 N–H and O–H groups in total. The van der Waals surface area contributed by atoms with E-state index in [-0.39, 0.29) is 17.4 Å². The van der Waals surface area contributed by atoms with E-state index >= 15 is 0 Å². The lowest BCUT2D eigenvalue weighted by atomic mass is 9.87. The van der Waals surface area contributed by atoms with Gasteiger partial charge < -0.3 is 10.2 Å². The number of aromatic nitrogens is 2. The van der Waals surface area contributed by atoms with Crippen molar-refractivity contribution in [1.82, 2.24) is 9.97 Å². The van der Waals surface area contributed by atoms with E-state index in [9.17, 15) is 4.79 Å². The predicted octanol–water partition coefficient (Wildman–Crippen LogP) is 5.11. The van der Waals surface area contributed by atoms with Crippen molar-refractivity contribution in [3.05, 3.63) is 77.6 Å². The van der Waals surface area contributed by atoms with Gasteiger partial charge in [0, 0.05) is 29.8 Å². The van der Waals surface area contributed by atoms with Crippen LogP contribution in [0.5, 0.6) is 0 Å². The summed E-state index contributed by atoms with van der Waals surface area (Å²) in [5.74, 6) is 0.406. The van der Waals surface area contributed by atoms with Gasteiger partial charge >= 0.3 is 0 Å². The first kappa shape index (κ1) is 19.1. The molecule has 0 spiro atoms. The van der Waals surface area contributed by atoms with E-state index in [1.165, 1.54) is 11.1 Å². The van der Waals surface area contributed by atoms with Gasteiger partial charge in [0.05, 0.1) is 5.56 Å². The number of carbonyl (C=O) groups is 1. The molecular weight excluding hydrogens is 360 g/mol. The van der Waals surface area contributed by atoms with E-state index in [0.29, 0.717) is 11.5 Å². The minimum absolute atomic E-state index is 0.0809. The minimum Gasteiger partial charge on any atom is -0.322 e. The molecule has 1 amide bonds. The summed E-state index contributed by atoms with van der Waals surface area (Å²) in [7, 11) is 0. The summed E-state index contributed by atoms with van der Waals surface area (Å²) in [5, 5.41) is 2.92. The number of hydrogen-bond donors (Lipinski definition) is 1. The smallest absolute Gasteiger partial charge is 0.258 e. The highest BCUT2D eigenvalue weighted by Crippen LogP contribution is 2.36. The predicted molar refractivity (Wildman–Crippen MR) is 117 cm³/mol. The Hall–Kier alpha value is -3.21. The molecule has 5 heteroatoms. The number of fused-ring (bicyclic) bond motifs is 1. The van der Waals surface area contributed by atoms with Crippen LogP contribution in [0.1, 0.15) is 49.2 Å². The molecular formula is C24H26N4O. The molecule has 0 aliphatic carbocycles. The van der Waals surface area contributed by atoms with Crippen molar-refractivity contribution < 1.29 is 4.79 Å². The van der Waals surface area contributed by atoms with E-state index in [1.54, 1.807) is 12.4 Å². The van der Waals surface area contributed by atoms with Gasteiger partial charge in [0.1, 0.15) is 0 Å². The molecule has 0 saturated carbocycles. The maximum absolute atomic E-state index is 12.6. The maximum atomic E-state index is 12.6. The Kier molecular flexibility index (Phi) is 4.82. The molecule has 2 heterocycles. The third-order valence-electron chi connectivity index (χ3n) is 5.33. The fraction of sp³-hybridized carbons (Fsp3) is 0.292. The first-order chi connectivity index (χ1) is 13.8. The van der Waals surface area contributed by atoms with Gasteiger partial charge in [-0.15, -0.1) is 0 Å². The van der Waals surface area contributed by atoms with Gasteiger partial charge in [0.15, 0.2) is 0 Å². The Bertz CT molecular complexity index is 1020. The van der Waals surface area contributed by atoms with Crippen LogP contribution < -0.4 is 10.2 Å². The monoisotopic (exact) mass is 386 g/mol. The first-order valence-corrected chi connectivity index (χ1v) is 9.94. The molecule has 2 aromatic carbocycles. The first-order valence-electron chi connectivity index (χ1n) is 9.94. The van der Waals surface area contributed by atoms with Gasteiger partial charge in [-0.2, -0.15) is 0 Å². The fourth-order valence-electron chi connectivity index (χ4n) is 3.69. The Balaban J connectivity index is 1.49. The molecule has 0 bridgehead atoms. The van der Waals surface area contributed by atoms with Crippen LogP contribution in [0.15, 0.2) is 60.9 Å². The topological polar surface area (TPSA) is 58.1 Å². The van der Waals surface area contributed by atoms with Crippen molar-refractivity contribution in [3.63, 3.8) is 0 Å². The number of amides is 1. The lowest BCUT2D eigenvalue weighted by molar-refractivity contribution is 0.102. The molecule has 0 saturated heterocycles. The lowest BCUT2D eigenvalue weighted by Gasteiger charge is -2.22. The van der Waals surface area contributed by atoms with Crippen LogP contribution in [0.2, 0.25) is 0 Å². The highest BCUT2D eigenvalue weighted by Gasteiger charge is 2.28. The number of nitrogens with one attached hydrogen (secondary N) is 1. The largest absolute Gasteiger partial charge is 0.322 e. The maximum Gasteiger partial charge on any atom is 0.258 e. The third-order valence-corrected chi connectivity index (χ3v) is 5.33. The molecule has 5 nitrogen and oxygen atoms in total. The van der Waals surface area contributed by atoms with Crippen molar-refractivity contribution >= 4 is 23.2 Å². The highest BCUT2D eigenvalue weighted by molar-refractivity contribution is 6.03. The average Bonchev–Trinajstić information content (AvgIpc) is 3.03. The number of nitrogens with zero attached hydrogens (tertiary/aromatic N) is 3. The molecule has 3 aromatic rings. The number of rotatable bonds is 3. The number of anilines is 3. The lowest BCUT2D eigenvalue weighted by Crippen LogP contribution is -2.26. The standard InChI is InChI=1S/C24H26N4O/c1-16-13-17-7-5-6-8-21(17)28(16)23-25-14-18(15-26-23)22(29)27-20-11-9-19(10-12-20)24(2,3)4/h5-12,14-16H,13H2,1-4H3,(H,27,29). The zero-order chi connectivity index (χ0) is 20.6. The van der Waals surface area contributed by atoms with E-state index in [1.807, 2.05) is 30.3 Å². The Morgan fingerprint density at radius 2 is 1.69 bits per heavy atom. The Labute approximate surface area is 171 Å². The van der Waals surface area contributed by atoms with Gasteiger partial charge in [0.25, 0.3) is 5.91 Å². The van der Waals surface area contributed by atoms with E-state index < -0.39 is 0 Å². The van der Waals surface area contributed by atoms with Crippen LogP contribution in [0.4, 0.5) is 17.3 Å². The highest BCUT2D eigenvalue weighted by atomic mass is 16.1. The minimum atomic E-state index is -0.213. The summed E-state index contributed by atoms with van der Waals surface area (Å²) >= 11 is 0. The van der Waals surface area contributed by atoms with Gasteiger partial charge in [-0.3, -0.25) is 4.79 Å². The number of para-hydroxylation sites is 1. The van der Waals surface area contributed by atoms with Crippen molar-refractivity contribution in [3.8, 4) is 0 Å². The van der Waals surface area contributed by atoms with Gasteiger partial charge in [-0.05, 0) is 48.1 Å². The average molecular weight is 386 g/mol. The quantitative estimate of drug-likeness (QED) is 0.680. The van der Waals surface area contributed by atoms with Gasteiger partial charge in [-0.25, -0.2) is 9.97 Å². The summed E-state index contributed by atoms with van der Waals surface area (Å²) in [6.07, 6.45) is 4.15. The molecule has 0 fully saturated rings. The normalized spacial score (nSPS) is 15.9. The van der Waals surface area contributed by atoms with Crippen molar-refractivity contribution in [2.75, 3.05) is 10.2 Å². The fourth-order valence-corrected chi connectivity index (χ4v) is 3.69. The van der Waals surface area contributed by atoms with Gasteiger partial charge in [0.2, 0.25) is 5.95 Å². The molecule has 1 aliphatic heterocycles. The molecule has 1 atom stereocenters. The summed E-state index contributed by atoms with van der Waals surface area (Å²) < 4.78 is 0. The van der Waals surface area contributed by atoms with Gasteiger partial charge in [-0.1, -0.05) is 51.1 Å². The number of hydrogen-bond acceptors (Lipinski definition) is 4. The van der Waals surface area contributed by atoms with E-state index in [4.69, 9.17) is 0 Å². The molecule has 1 aliphatic rings. The SMILES string of the molecule is CC1Cc2ccccc2N1c1ncc(C(=O)Nc2ccc(C(C)(C)C)cc2)cn1. The molecule has 148 valence electrons. The van der Waals surface area contributed by atoms with Crippen LogP contribution in [-0.2, 0) is 11.8 Å². The Morgan fingerprint density at radius 3 is 2.34 bits per heavy atom.